The quantitative estimate of drug-likeness (QED) is 0.692. The average molecular weight is 291 g/mol. The summed E-state index contributed by atoms with van der Waals surface area (Å²) in [7, 11) is 1.32. The van der Waals surface area contributed by atoms with Crippen molar-refractivity contribution in [1.29, 1.82) is 0 Å². The molecule has 104 valence electrons. The summed E-state index contributed by atoms with van der Waals surface area (Å²) in [4.78, 5) is 11.4. The molecule has 20 heavy (non-hydrogen) atoms. The summed E-state index contributed by atoms with van der Waals surface area (Å²) in [5, 5.41) is 1.63. The number of hydrogen-bond donors (Lipinski definition) is 1. The first-order valence-corrected chi connectivity index (χ1v) is 6.48. The van der Waals surface area contributed by atoms with Gasteiger partial charge in [-0.25, -0.2) is 0 Å². The van der Waals surface area contributed by atoms with Gasteiger partial charge < -0.3 is 15.0 Å². The minimum absolute atomic E-state index is 0.391. The maximum atomic E-state index is 11.4. The third-order valence-corrected chi connectivity index (χ3v) is 3.37. The van der Waals surface area contributed by atoms with Gasteiger partial charge in [-0.15, -0.1) is 6.42 Å². The van der Waals surface area contributed by atoms with E-state index in [1.54, 1.807) is 6.07 Å². The molecule has 0 aliphatic carbocycles. The van der Waals surface area contributed by atoms with Gasteiger partial charge in [-0.3, -0.25) is 4.79 Å². The highest BCUT2D eigenvalue weighted by molar-refractivity contribution is 6.31. The maximum Gasteiger partial charge on any atom is 0.322 e. The molecule has 5 heteroatoms. The molecule has 0 bridgehead atoms. The molecule has 0 saturated heterocycles. The Hall–Kier alpha value is -1.96. The van der Waals surface area contributed by atoms with Crippen molar-refractivity contribution in [2.24, 2.45) is 5.73 Å². The molecule has 1 aromatic heterocycles. The number of fused-ring (bicyclic) bond motifs is 1. The number of benzene rings is 1. The first kappa shape index (κ1) is 14.4. The lowest BCUT2D eigenvalue weighted by Crippen LogP contribution is -2.33. The standard InChI is InChI=1S/C15H15ClN2O2/c1-3-6-18-9-10(7-13(17)15(19)20-2)12-5-4-11(16)8-14(12)18/h1,4-5,8-9,13H,6-7,17H2,2H3/t13-/m0/s1. The predicted molar refractivity (Wildman–Crippen MR) is 79.5 cm³/mol. The fourth-order valence-corrected chi connectivity index (χ4v) is 2.37. The van der Waals surface area contributed by atoms with E-state index < -0.39 is 12.0 Å². The monoisotopic (exact) mass is 290 g/mol. The summed E-state index contributed by atoms with van der Waals surface area (Å²) in [5.74, 6) is 2.16. The summed E-state index contributed by atoms with van der Waals surface area (Å²) >= 11 is 6.01. The molecule has 1 aromatic carbocycles. The van der Waals surface area contributed by atoms with E-state index in [1.807, 2.05) is 22.9 Å². The zero-order valence-electron chi connectivity index (χ0n) is 11.1. The Kier molecular flexibility index (Phi) is 4.33. The number of esters is 1. The summed E-state index contributed by atoms with van der Waals surface area (Å²) < 4.78 is 6.56. The molecule has 1 heterocycles. The van der Waals surface area contributed by atoms with Crippen LogP contribution in [0.2, 0.25) is 5.02 Å². The normalized spacial score (nSPS) is 12.1. The number of terminal acetylenes is 1. The van der Waals surface area contributed by atoms with Crippen molar-refractivity contribution in [2.45, 2.75) is 19.0 Å². The van der Waals surface area contributed by atoms with Crippen molar-refractivity contribution in [3.8, 4) is 12.3 Å². The Balaban J connectivity index is 2.44. The molecular weight excluding hydrogens is 276 g/mol. The molecule has 2 aromatic rings. The molecule has 1 atom stereocenters. The molecule has 2 N–H and O–H groups in total. The fraction of sp³-hybridized carbons (Fsp3) is 0.267. The van der Waals surface area contributed by atoms with Gasteiger partial charge in [0.25, 0.3) is 0 Å². The number of halogens is 1. The fourth-order valence-electron chi connectivity index (χ4n) is 2.20. The van der Waals surface area contributed by atoms with Crippen LogP contribution in [0.4, 0.5) is 0 Å². The number of aromatic nitrogens is 1. The van der Waals surface area contributed by atoms with Crippen LogP contribution in [0.15, 0.2) is 24.4 Å². The van der Waals surface area contributed by atoms with Gasteiger partial charge in [0.15, 0.2) is 0 Å². The first-order chi connectivity index (χ1) is 9.56. The van der Waals surface area contributed by atoms with Crippen molar-refractivity contribution in [3.63, 3.8) is 0 Å². The second-order valence-electron chi connectivity index (χ2n) is 4.48. The van der Waals surface area contributed by atoms with Gasteiger partial charge in [-0.2, -0.15) is 0 Å². The van der Waals surface area contributed by atoms with Crippen LogP contribution in [0, 0.1) is 12.3 Å². The van der Waals surface area contributed by atoms with Gasteiger partial charge in [0, 0.05) is 23.0 Å². The van der Waals surface area contributed by atoms with E-state index in [9.17, 15) is 4.79 Å². The molecular formula is C15H15ClN2O2. The Bertz CT molecular complexity index is 685. The Labute approximate surface area is 122 Å². The molecule has 0 unspecified atom stereocenters. The van der Waals surface area contributed by atoms with E-state index in [1.165, 1.54) is 7.11 Å². The summed E-state index contributed by atoms with van der Waals surface area (Å²) in [6.07, 6.45) is 7.66. The van der Waals surface area contributed by atoms with Crippen LogP contribution in [0.5, 0.6) is 0 Å². The highest BCUT2D eigenvalue weighted by Crippen LogP contribution is 2.25. The van der Waals surface area contributed by atoms with Crippen LogP contribution < -0.4 is 5.73 Å². The van der Waals surface area contributed by atoms with Crippen LogP contribution in [0.1, 0.15) is 5.56 Å². The Morgan fingerprint density at radius 1 is 1.60 bits per heavy atom. The van der Waals surface area contributed by atoms with Gasteiger partial charge in [0.1, 0.15) is 6.04 Å². The van der Waals surface area contributed by atoms with Crippen molar-refractivity contribution in [3.05, 3.63) is 35.0 Å². The van der Waals surface area contributed by atoms with Gasteiger partial charge in [0.05, 0.1) is 19.2 Å². The largest absolute Gasteiger partial charge is 0.468 e. The summed E-state index contributed by atoms with van der Waals surface area (Å²) in [6, 6.07) is 4.86. The molecule has 0 spiro atoms. The zero-order valence-corrected chi connectivity index (χ0v) is 11.9. The van der Waals surface area contributed by atoms with Gasteiger partial charge in [-0.1, -0.05) is 23.6 Å². The lowest BCUT2D eigenvalue weighted by Gasteiger charge is -2.07. The number of carbonyl (C=O) groups is 1. The van der Waals surface area contributed by atoms with Gasteiger partial charge >= 0.3 is 5.97 Å². The minimum Gasteiger partial charge on any atom is -0.468 e. The predicted octanol–water partition coefficient (Wildman–Crippen LogP) is 1.97. The summed E-state index contributed by atoms with van der Waals surface area (Å²) in [5.41, 5.74) is 7.70. The SMILES string of the molecule is C#CCn1cc(C[C@H](N)C(=O)OC)c2ccc(Cl)cc21. The first-order valence-electron chi connectivity index (χ1n) is 6.11. The smallest absolute Gasteiger partial charge is 0.322 e. The third-order valence-electron chi connectivity index (χ3n) is 3.13. The van der Waals surface area contributed by atoms with Crippen LogP contribution in [-0.4, -0.2) is 23.7 Å². The van der Waals surface area contributed by atoms with Gasteiger partial charge in [-0.05, 0) is 17.7 Å². The second-order valence-corrected chi connectivity index (χ2v) is 4.92. The minimum atomic E-state index is -0.694. The molecule has 2 rings (SSSR count). The number of nitrogens with two attached hydrogens (primary N) is 1. The molecule has 0 fully saturated rings. The van der Waals surface area contributed by atoms with E-state index in [0.29, 0.717) is 18.0 Å². The van der Waals surface area contributed by atoms with E-state index >= 15 is 0 Å². The number of hydrogen-bond acceptors (Lipinski definition) is 3. The van der Waals surface area contributed by atoms with Crippen LogP contribution in [0.25, 0.3) is 10.9 Å². The second kappa shape index (κ2) is 6.00. The van der Waals surface area contributed by atoms with E-state index in [4.69, 9.17) is 23.8 Å². The van der Waals surface area contributed by atoms with Crippen molar-refractivity contribution >= 4 is 28.5 Å². The molecule has 0 radical (unpaired) electrons. The van der Waals surface area contributed by atoms with Crippen molar-refractivity contribution in [1.82, 2.24) is 4.57 Å². The topological polar surface area (TPSA) is 57.2 Å². The highest BCUT2D eigenvalue weighted by atomic mass is 35.5. The van der Waals surface area contributed by atoms with E-state index in [2.05, 4.69) is 10.7 Å². The lowest BCUT2D eigenvalue weighted by molar-refractivity contribution is -0.142. The third kappa shape index (κ3) is 2.79. The van der Waals surface area contributed by atoms with Gasteiger partial charge in [0.2, 0.25) is 0 Å². The van der Waals surface area contributed by atoms with E-state index in [0.717, 1.165) is 16.5 Å². The number of ether oxygens (including phenoxy) is 1. The number of methoxy groups -OCH3 is 1. The highest BCUT2D eigenvalue weighted by Gasteiger charge is 2.17. The van der Waals surface area contributed by atoms with Crippen molar-refractivity contribution in [2.75, 3.05) is 7.11 Å². The van der Waals surface area contributed by atoms with E-state index in [-0.39, 0.29) is 0 Å². The van der Waals surface area contributed by atoms with Crippen LogP contribution in [0.3, 0.4) is 0 Å². The van der Waals surface area contributed by atoms with Crippen molar-refractivity contribution < 1.29 is 9.53 Å². The Morgan fingerprint density at radius 2 is 2.35 bits per heavy atom. The molecule has 0 saturated carbocycles. The summed E-state index contributed by atoms with van der Waals surface area (Å²) in [6.45, 7) is 0.435. The van der Waals surface area contributed by atoms with Crippen LogP contribution >= 0.6 is 11.6 Å². The number of carbonyl (C=O) groups excluding carboxylic acids is 1. The number of rotatable bonds is 4. The molecule has 4 nitrogen and oxygen atoms in total. The Morgan fingerprint density at radius 3 is 3.00 bits per heavy atom. The number of nitrogens with zero attached hydrogens (tertiary/aromatic N) is 1. The molecule has 0 aliphatic rings. The molecule has 0 amide bonds. The lowest BCUT2D eigenvalue weighted by atomic mass is 10.1. The molecule has 0 aliphatic heterocycles. The zero-order chi connectivity index (χ0) is 14.7. The average Bonchev–Trinajstić information content (AvgIpc) is 2.75. The maximum absolute atomic E-state index is 11.4. The van der Waals surface area contributed by atoms with Crippen LogP contribution in [-0.2, 0) is 22.5 Å².